The monoisotopic (exact) mass is 452 g/mol. The number of Topliss-reactive ketones (excluding diaryl/α,β-unsaturated/α-hetero) is 2. The lowest BCUT2D eigenvalue weighted by molar-refractivity contribution is -0.155. The van der Waals surface area contributed by atoms with E-state index < -0.39 is 47.1 Å². The van der Waals surface area contributed by atoms with Gasteiger partial charge in [0.25, 0.3) is 0 Å². The van der Waals surface area contributed by atoms with Gasteiger partial charge >= 0.3 is 12.0 Å². The number of primary amides is 1. The largest absolute Gasteiger partial charge is 0.480 e. The Balaban J connectivity index is 2.00. The normalized spacial score (nSPS) is 19.0. The molecule has 1 saturated heterocycles. The van der Waals surface area contributed by atoms with E-state index in [9.17, 15) is 24.3 Å². The summed E-state index contributed by atoms with van der Waals surface area (Å²) in [5, 5.41) is 9.97. The van der Waals surface area contributed by atoms with Crippen LogP contribution >= 0.6 is 0 Å². The zero-order valence-corrected chi connectivity index (χ0v) is 18.1. The number of aliphatic carboxylic acids is 1. The molecule has 2 aromatic rings. The number of likely N-dealkylation sites (tertiary alicyclic amines) is 1. The number of carboxylic acids is 1. The fourth-order valence-electron chi connectivity index (χ4n) is 4.63. The van der Waals surface area contributed by atoms with E-state index in [0.29, 0.717) is 0 Å². The van der Waals surface area contributed by atoms with Crippen molar-refractivity contribution >= 4 is 23.6 Å². The molecule has 3 rings (SSSR count). The van der Waals surface area contributed by atoms with Crippen LogP contribution in [0.1, 0.15) is 17.5 Å². The molecule has 0 bridgehead atoms. The third-order valence-corrected chi connectivity index (χ3v) is 6.19. The molecule has 174 valence electrons. The van der Waals surface area contributed by atoms with Gasteiger partial charge in [-0.1, -0.05) is 60.7 Å². The maximum atomic E-state index is 13.7. The molecule has 33 heavy (non-hydrogen) atoms. The number of carbonyl (C=O) groups excluding carboxylic acids is 3. The fraction of sp³-hybridized carbons (Fsp3) is 0.333. The fourth-order valence-corrected chi connectivity index (χ4v) is 4.63. The third-order valence-electron chi connectivity index (χ3n) is 6.19. The predicted molar refractivity (Wildman–Crippen MR) is 121 cm³/mol. The van der Waals surface area contributed by atoms with Crippen LogP contribution in [-0.2, 0) is 27.2 Å². The van der Waals surface area contributed by atoms with Gasteiger partial charge in [-0.2, -0.15) is 0 Å². The molecule has 0 aromatic heterocycles. The van der Waals surface area contributed by atoms with Crippen molar-refractivity contribution in [1.82, 2.24) is 4.90 Å². The zero-order valence-electron chi connectivity index (χ0n) is 18.1. The van der Waals surface area contributed by atoms with Crippen molar-refractivity contribution in [1.29, 1.82) is 0 Å². The number of rotatable bonds is 9. The van der Waals surface area contributed by atoms with E-state index in [4.69, 9.17) is 17.2 Å². The summed E-state index contributed by atoms with van der Waals surface area (Å²) >= 11 is 0. The van der Waals surface area contributed by atoms with E-state index in [2.05, 4.69) is 0 Å². The lowest BCUT2D eigenvalue weighted by Gasteiger charge is -2.35. The van der Waals surface area contributed by atoms with Gasteiger partial charge in [0.15, 0.2) is 17.6 Å². The third kappa shape index (κ3) is 4.79. The Kier molecular flexibility index (Phi) is 7.25. The number of ketones is 2. The molecule has 7 N–H and O–H groups in total. The van der Waals surface area contributed by atoms with Gasteiger partial charge in [0.1, 0.15) is 5.41 Å². The standard InChI is InChI=1S/C24H28N4O5/c25-17(13-15-7-3-1-4-8-15)20(29)24(11-12-28(23(27)33)19(24)22(31)32)21(30)18(26)14-16-9-5-2-6-10-16/h1-10,17-19H,11-14,25-26H2,(H2,27,33)(H,31,32)/t17-,18-,19+/m1/s1. The molecule has 1 fully saturated rings. The second-order valence-electron chi connectivity index (χ2n) is 8.31. The molecule has 9 nitrogen and oxygen atoms in total. The predicted octanol–water partition coefficient (Wildman–Crippen LogP) is 0.489. The first kappa shape index (κ1) is 24.1. The molecular formula is C24H28N4O5. The molecule has 9 heteroatoms. The van der Waals surface area contributed by atoms with E-state index in [1.54, 1.807) is 48.5 Å². The number of hydrogen-bond acceptors (Lipinski definition) is 6. The number of amides is 2. The SMILES string of the molecule is NC(=O)N1CCC(C(=O)[C@H](N)Cc2ccccc2)(C(=O)[C@H](N)Cc2ccccc2)[C@@H]1C(=O)O. The van der Waals surface area contributed by atoms with Gasteiger partial charge in [-0.25, -0.2) is 9.59 Å². The van der Waals surface area contributed by atoms with E-state index in [0.717, 1.165) is 16.0 Å². The van der Waals surface area contributed by atoms with E-state index in [1.165, 1.54) is 0 Å². The first-order chi connectivity index (χ1) is 15.7. The van der Waals surface area contributed by atoms with Crippen molar-refractivity contribution in [3.05, 3.63) is 71.8 Å². The van der Waals surface area contributed by atoms with Crippen molar-refractivity contribution in [2.45, 2.75) is 37.4 Å². The highest BCUT2D eigenvalue weighted by atomic mass is 16.4. The average Bonchev–Trinajstić information content (AvgIpc) is 3.21. The molecule has 1 heterocycles. The lowest BCUT2D eigenvalue weighted by atomic mass is 9.67. The minimum atomic E-state index is -2.09. The minimum Gasteiger partial charge on any atom is -0.480 e. The Morgan fingerprint density at radius 1 is 0.879 bits per heavy atom. The average molecular weight is 453 g/mol. The smallest absolute Gasteiger partial charge is 0.328 e. The number of urea groups is 1. The summed E-state index contributed by atoms with van der Waals surface area (Å²) in [4.78, 5) is 52.5. The van der Waals surface area contributed by atoms with Gasteiger partial charge in [0.05, 0.1) is 12.1 Å². The van der Waals surface area contributed by atoms with E-state index in [1.807, 2.05) is 12.1 Å². The van der Waals surface area contributed by atoms with Crippen LogP contribution in [-0.4, -0.2) is 58.2 Å². The Hall–Kier alpha value is -3.56. The van der Waals surface area contributed by atoms with Gasteiger partial charge in [0, 0.05) is 6.54 Å². The van der Waals surface area contributed by atoms with E-state index in [-0.39, 0.29) is 25.8 Å². The summed E-state index contributed by atoms with van der Waals surface area (Å²) in [5.74, 6) is -3.01. The zero-order chi connectivity index (χ0) is 24.2. The molecule has 1 aliphatic rings. The van der Waals surface area contributed by atoms with Gasteiger partial charge in [-0.15, -0.1) is 0 Å². The minimum absolute atomic E-state index is 0.103. The van der Waals surface area contributed by atoms with Crippen LogP contribution in [0.25, 0.3) is 0 Å². The van der Waals surface area contributed by atoms with Gasteiger partial charge in [-0.05, 0) is 30.4 Å². The van der Waals surface area contributed by atoms with Crippen molar-refractivity contribution < 1.29 is 24.3 Å². The van der Waals surface area contributed by atoms with Crippen molar-refractivity contribution in [3.63, 3.8) is 0 Å². The summed E-state index contributed by atoms with van der Waals surface area (Å²) in [6, 6.07) is 12.7. The summed E-state index contributed by atoms with van der Waals surface area (Å²) in [6.07, 6.45) is -0.00731. The Morgan fingerprint density at radius 3 is 1.67 bits per heavy atom. The first-order valence-corrected chi connectivity index (χ1v) is 10.6. The van der Waals surface area contributed by atoms with Crippen LogP contribution in [0.5, 0.6) is 0 Å². The summed E-state index contributed by atoms with van der Waals surface area (Å²) in [5.41, 5.74) is 17.2. The molecule has 0 aliphatic carbocycles. The summed E-state index contributed by atoms with van der Waals surface area (Å²) < 4.78 is 0. The molecule has 0 unspecified atom stereocenters. The molecular weight excluding hydrogens is 424 g/mol. The second kappa shape index (κ2) is 9.93. The molecule has 0 spiro atoms. The molecule has 1 aliphatic heterocycles. The van der Waals surface area contributed by atoms with Crippen LogP contribution in [0.4, 0.5) is 4.79 Å². The maximum absolute atomic E-state index is 13.7. The van der Waals surface area contributed by atoms with Crippen molar-refractivity contribution in [2.24, 2.45) is 22.6 Å². The topological polar surface area (TPSA) is 170 Å². The van der Waals surface area contributed by atoms with Crippen molar-refractivity contribution in [3.8, 4) is 0 Å². The molecule has 0 radical (unpaired) electrons. The highest BCUT2D eigenvalue weighted by Gasteiger charge is 2.63. The quantitative estimate of drug-likeness (QED) is 0.401. The Morgan fingerprint density at radius 2 is 1.30 bits per heavy atom. The van der Waals surface area contributed by atoms with Gasteiger partial charge in [0.2, 0.25) is 0 Å². The molecule has 2 aromatic carbocycles. The number of nitrogens with two attached hydrogens (primary N) is 3. The van der Waals surface area contributed by atoms with Crippen molar-refractivity contribution in [2.75, 3.05) is 6.54 Å². The number of hydrogen-bond donors (Lipinski definition) is 4. The van der Waals surface area contributed by atoms with Crippen LogP contribution < -0.4 is 17.2 Å². The van der Waals surface area contributed by atoms with E-state index >= 15 is 0 Å². The van der Waals surface area contributed by atoms with Crippen LogP contribution in [0, 0.1) is 5.41 Å². The highest BCUT2D eigenvalue weighted by molar-refractivity contribution is 6.15. The highest BCUT2D eigenvalue weighted by Crippen LogP contribution is 2.41. The number of benzene rings is 2. The Bertz CT molecular complexity index is 968. The maximum Gasteiger partial charge on any atom is 0.328 e. The van der Waals surface area contributed by atoms with Gasteiger partial charge in [-0.3, -0.25) is 9.59 Å². The second-order valence-corrected chi connectivity index (χ2v) is 8.31. The van der Waals surface area contributed by atoms with Crippen LogP contribution in [0.2, 0.25) is 0 Å². The first-order valence-electron chi connectivity index (χ1n) is 10.6. The lowest BCUT2D eigenvalue weighted by Crippen LogP contribution is -2.62. The summed E-state index contributed by atoms with van der Waals surface area (Å²) in [6.45, 7) is -0.167. The summed E-state index contributed by atoms with van der Waals surface area (Å²) in [7, 11) is 0. The van der Waals surface area contributed by atoms with Crippen LogP contribution in [0.3, 0.4) is 0 Å². The molecule has 0 saturated carbocycles. The van der Waals surface area contributed by atoms with Gasteiger partial charge < -0.3 is 27.2 Å². The molecule has 3 atom stereocenters. The molecule has 2 amide bonds. The Labute approximate surface area is 191 Å². The number of carbonyl (C=O) groups is 4. The number of nitrogens with zero attached hydrogens (tertiary/aromatic N) is 1. The van der Waals surface area contributed by atoms with Crippen LogP contribution in [0.15, 0.2) is 60.7 Å². The number of carboxylic acid groups (broad SMARTS) is 1.